The molecule has 0 bridgehead atoms. The van der Waals surface area contributed by atoms with Crippen molar-refractivity contribution in [3.8, 4) is 5.75 Å². The van der Waals surface area contributed by atoms with Crippen molar-refractivity contribution >= 4 is 17.5 Å². The molecule has 4 heteroatoms. The van der Waals surface area contributed by atoms with Gasteiger partial charge in [0.2, 0.25) is 11.8 Å². The molecule has 14 heavy (non-hydrogen) atoms. The van der Waals surface area contributed by atoms with Crippen LogP contribution >= 0.6 is 0 Å². The molecule has 0 saturated heterocycles. The molecule has 4 nitrogen and oxygen atoms in total. The predicted molar refractivity (Wildman–Crippen MR) is 51.9 cm³/mol. The summed E-state index contributed by atoms with van der Waals surface area (Å²) in [5.74, 6) is -0.721. The molecule has 2 amide bonds. The fourth-order valence-corrected chi connectivity index (χ4v) is 1.22. The highest BCUT2D eigenvalue weighted by atomic mass is 16.3. The number of amides is 2. The van der Waals surface area contributed by atoms with Crippen LogP contribution in [0.15, 0.2) is 24.3 Å². The Labute approximate surface area is 81.8 Å². The van der Waals surface area contributed by atoms with Gasteiger partial charge < -0.3 is 5.11 Å². The number of hydrogen-bond acceptors (Lipinski definition) is 3. The number of phenolic OH excluding ortho intramolecular Hbond substituents is 1. The maximum atomic E-state index is 11.1. The Bertz CT molecular complexity index is 359. The van der Waals surface area contributed by atoms with E-state index in [1.165, 1.54) is 26.0 Å². The largest absolute Gasteiger partial charge is 0.508 e. The fourth-order valence-electron chi connectivity index (χ4n) is 1.22. The third-order valence-electron chi connectivity index (χ3n) is 1.72. The first kappa shape index (κ1) is 10.2. The van der Waals surface area contributed by atoms with Gasteiger partial charge in [0.1, 0.15) is 5.75 Å². The van der Waals surface area contributed by atoms with Crippen molar-refractivity contribution in [3.63, 3.8) is 0 Å². The van der Waals surface area contributed by atoms with Gasteiger partial charge in [0, 0.05) is 19.9 Å². The average molecular weight is 193 g/mol. The van der Waals surface area contributed by atoms with E-state index in [1.54, 1.807) is 12.1 Å². The van der Waals surface area contributed by atoms with Gasteiger partial charge in [0.25, 0.3) is 0 Å². The van der Waals surface area contributed by atoms with Gasteiger partial charge in [-0.05, 0) is 12.1 Å². The van der Waals surface area contributed by atoms with Crippen molar-refractivity contribution in [1.29, 1.82) is 0 Å². The van der Waals surface area contributed by atoms with E-state index >= 15 is 0 Å². The highest BCUT2D eigenvalue weighted by molar-refractivity contribution is 6.13. The minimum absolute atomic E-state index is 0.0231. The first-order chi connectivity index (χ1) is 6.52. The van der Waals surface area contributed by atoms with E-state index in [2.05, 4.69) is 0 Å². The van der Waals surface area contributed by atoms with Crippen LogP contribution in [0.4, 0.5) is 5.69 Å². The Morgan fingerprint density at radius 3 is 2.21 bits per heavy atom. The van der Waals surface area contributed by atoms with Gasteiger partial charge in [0.05, 0.1) is 5.69 Å². The highest BCUT2D eigenvalue weighted by Crippen LogP contribution is 2.20. The summed E-state index contributed by atoms with van der Waals surface area (Å²) in [4.78, 5) is 23.2. The summed E-state index contributed by atoms with van der Waals surface area (Å²) in [7, 11) is 0. The van der Waals surface area contributed by atoms with E-state index in [1.807, 2.05) is 0 Å². The van der Waals surface area contributed by atoms with Gasteiger partial charge in [0.15, 0.2) is 0 Å². The Hall–Kier alpha value is -1.84. The molecule has 0 aromatic heterocycles. The van der Waals surface area contributed by atoms with Gasteiger partial charge in [-0.2, -0.15) is 0 Å². The van der Waals surface area contributed by atoms with Crippen LogP contribution in [0.2, 0.25) is 0 Å². The molecule has 1 rings (SSSR count). The number of hydrogen-bond donors (Lipinski definition) is 1. The number of phenols is 1. The third kappa shape index (κ3) is 2.10. The molecule has 0 unspecified atom stereocenters. The summed E-state index contributed by atoms with van der Waals surface area (Å²) >= 11 is 0. The lowest BCUT2D eigenvalue weighted by atomic mass is 10.2. The number of nitrogens with zero attached hydrogens (tertiary/aromatic N) is 1. The molecule has 0 aliphatic carbocycles. The quantitative estimate of drug-likeness (QED) is 0.731. The maximum Gasteiger partial charge on any atom is 0.230 e. The summed E-state index contributed by atoms with van der Waals surface area (Å²) in [5, 5.41) is 9.18. The van der Waals surface area contributed by atoms with Crippen LogP contribution in [0, 0.1) is 0 Å². The zero-order chi connectivity index (χ0) is 10.7. The normalized spacial score (nSPS) is 9.57. The molecule has 0 spiro atoms. The van der Waals surface area contributed by atoms with Gasteiger partial charge >= 0.3 is 0 Å². The molecule has 0 fully saturated rings. The molecular formula is C10H11NO3. The Kier molecular flexibility index (Phi) is 2.86. The molecule has 0 aliphatic heterocycles. The molecule has 1 aromatic rings. The van der Waals surface area contributed by atoms with Crippen LogP contribution in [0.25, 0.3) is 0 Å². The second-order valence-electron chi connectivity index (χ2n) is 2.89. The van der Waals surface area contributed by atoms with Crippen LogP contribution < -0.4 is 4.90 Å². The molecule has 0 radical (unpaired) electrons. The molecule has 74 valence electrons. The van der Waals surface area contributed by atoms with E-state index < -0.39 is 0 Å². The van der Waals surface area contributed by atoms with E-state index in [0.29, 0.717) is 5.69 Å². The smallest absolute Gasteiger partial charge is 0.230 e. The maximum absolute atomic E-state index is 11.1. The summed E-state index contributed by atoms with van der Waals surface area (Å²) in [6, 6.07) is 6.00. The second-order valence-corrected chi connectivity index (χ2v) is 2.89. The number of anilines is 1. The predicted octanol–water partition coefficient (Wildman–Crippen LogP) is 1.29. The van der Waals surface area contributed by atoms with Crippen LogP contribution in [0.3, 0.4) is 0 Å². The minimum Gasteiger partial charge on any atom is -0.508 e. The molecular weight excluding hydrogens is 182 g/mol. The number of rotatable bonds is 1. The van der Waals surface area contributed by atoms with E-state index in [-0.39, 0.29) is 17.6 Å². The highest BCUT2D eigenvalue weighted by Gasteiger charge is 2.15. The van der Waals surface area contributed by atoms with Crippen molar-refractivity contribution in [2.45, 2.75) is 13.8 Å². The molecule has 0 aliphatic rings. The Balaban J connectivity index is 3.12. The Morgan fingerprint density at radius 1 is 1.21 bits per heavy atom. The second kappa shape index (κ2) is 3.91. The summed E-state index contributed by atoms with van der Waals surface area (Å²) in [6.07, 6.45) is 0. The van der Waals surface area contributed by atoms with Gasteiger partial charge in [-0.15, -0.1) is 0 Å². The van der Waals surface area contributed by atoms with Crippen LogP contribution in [-0.4, -0.2) is 16.9 Å². The summed E-state index contributed by atoms with van der Waals surface area (Å²) in [6.45, 7) is 2.59. The molecule has 1 N–H and O–H groups in total. The van der Waals surface area contributed by atoms with E-state index in [9.17, 15) is 14.7 Å². The van der Waals surface area contributed by atoms with Gasteiger partial charge in [-0.25, -0.2) is 0 Å². The Morgan fingerprint density at radius 2 is 1.79 bits per heavy atom. The number of benzene rings is 1. The zero-order valence-electron chi connectivity index (χ0n) is 8.02. The lowest BCUT2D eigenvalue weighted by molar-refractivity contribution is -0.124. The fraction of sp³-hybridized carbons (Fsp3) is 0.200. The summed E-state index contributed by atoms with van der Waals surface area (Å²) < 4.78 is 0. The molecule has 0 atom stereocenters. The SMILES string of the molecule is CC(=O)N(C(C)=O)c1cccc(O)c1. The number of imide groups is 1. The van der Waals surface area contributed by atoms with Crippen molar-refractivity contribution in [2.24, 2.45) is 0 Å². The van der Waals surface area contributed by atoms with Crippen LogP contribution in [0.1, 0.15) is 13.8 Å². The topological polar surface area (TPSA) is 57.6 Å². The monoisotopic (exact) mass is 193 g/mol. The molecule has 0 saturated carbocycles. The average Bonchev–Trinajstić information content (AvgIpc) is 2.02. The molecule has 0 heterocycles. The van der Waals surface area contributed by atoms with Crippen molar-refractivity contribution in [1.82, 2.24) is 0 Å². The number of carbonyl (C=O) groups is 2. The van der Waals surface area contributed by atoms with Crippen LogP contribution in [-0.2, 0) is 9.59 Å². The van der Waals surface area contributed by atoms with Crippen molar-refractivity contribution < 1.29 is 14.7 Å². The zero-order valence-corrected chi connectivity index (χ0v) is 8.02. The summed E-state index contributed by atoms with van der Waals surface area (Å²) in [5.41, 5.74) is 0.380. The van der Waals surface area contributed by atoms with Gasteiger partial charge in [-0.3, -0.25) is 14.5 Å². The van der Waals surface area contributed by atoms with E-state index in [4.69, 9.17) is 0 Å². The van der Waals surface area contributed by atoms with Crippen molar-refractivity contribution in [3.05, 3.63) is 24.3 Å². The molecule has 1 aromatic carbocycles. The van der Waals surface area contributed by atoms with E-state index in [0.717, 1.165) is 4.90 Å². The first-order valence-electron chi connectivity index (χ1n) is 4.12. The standard InChI is InChI=1S/C10H11NO3/c1-7(12)11(8(2)13)9-4-3-5-10(14)6-9/h3-6,14H,1-2H3. The number of aromatic hydroxyl groups is 1. The minimum atomic E-state index is -0.372. The number of carbonyl (C=O) groups excluding carboxylic acids is 2. The van der Waals surface area contributed by atoms with Gasteiger partial charge in [-0.1, -0.05) is 6.07 Å². The van der Waals surface area contributed by atoms with Crippen molar-refractivity contribution in [2.75, 3.05) is 4.90 Å². The lowest BCUT2D eigenvalue weighted by Crippen LogP contribution is -2.32. The lowest BCUT2D eigenvalue weighted by Gasteiger charge is -2.16. The first-order valence-corrected chi connectivity index (χ1v) is 4.12. The van der Waals surface area contributed by atoms with Crippen LogP contribution in [0.5, 0.6) is 5.75 Å². The third-order valence-corrected chi connectivity index (χ3v) is 1.72.